The molecule has 1 atom stereocenters. The van der Waals surface area contributed by atoms with Gasteiger partial charge in [0.15, 0.2) is 0 Å². The first-order valence-electron chi connectivity index (χ1n) is 9.60. The molecule has 2 aromatic rings. The second-order valence-electron chi connectivity index (χ2n) is 7.59. The largest absolute Gasteiger partial charge is 0.481 e. The minimum absolute atomic E-state index is 0.0208. The van der Waals surface area contributed by atoms with Gasteiger partial charge in [0.25, 0.3) is 0 Å². The quantitative estimate of drug-likeness (QED) is 0.584. The van der Waals surface area contributed by atoms with Crippen molar-refractivity contribution in [2.24, 2.45) is 0 Å². The molecule has 1 fully saturated rings. The summed E-state index contributed by atoms with van der Waals surface area (Å²) >= 11 is 3.46. The summed E-state index contributed by atoms with van der Waals surface area (Å²) in [6.45, 7) is 9.97. The highest BCUT2D eigenvalue weighted by Crippen LogP contribution is 2.33. The molecule has 1 aliphatic heterocycles. The van der Waals surface area contributed by atoms with E-state index in [1.54, 1.807) is 6.20 Å². The van der Waals surface area contributed by atoms with E-state index in [-0.39, 0.29) is 6.42 Å². The molecule has 29 heavy (non-hydrogen) atoms. The number of piperazine rings is 1. The molecule has 0 saturated carbocycles. The van der Waals surface area contributed by atoms with Gasteiger partial charge in [-0.2, -0.15) is 0 Å². The average Bonchev–Trinajstić information content (AvgIpc) is 2.98. The second kappa shape index (κ2) is 9.11. The molecule has 0 radical (unpaired) electrons. The van der Waals surface area contributed by atoms with E-state index in [2.05, 4.69) is 27.4 Å². The number of halogens is 1. The minimum atomic E-state index is -0.890. The number of hydrogen-bond acceptors (Lipinski definition) is 4. The van der Waals surface area contributed by atoms with E-state index >= 15 is 0 Å². The highest BCUT2D eigenvalue weighted by atomic mass is 79.9. The minimum Gasteiger partial charge on any atom is -0.481 e. The summed E-state index contributed by atoms with van der Waals surface area (Å²) in [6.07, 6.45) is 1.78. The molecule has 1 aromatic carbocycles. The van der Waals surface area contributed by atoms with Crippen LogP contribution in [0.1, 0.15) is 24.9 Å². The number of aliphatic carboxylic acids is 2. The SMILES string of the molecule is C=C(C)CN1CCN([C@@H](C(=O)O)c2cn(CCC(=O)O)c3cc(Br)ccc23)CC1. The molecule has 0 aliphatic carbocycles. The first-order valence-corrected chi connectivity index (χ1v) is 10.4. The molecule has 0 unspecified atom stereocenters. The third-order valence-corrected chi connectivity index (χ3v) is 5.73. The van der Waals surface area contributed by atoms with E-state index in [0.29, 0.717) is 25.2 Å². The molecule has 7 nitrogen and oxygen atoms in total. The van der Waals surface area contributed by atoms with Gasteiger partial charge < -0.3 is 14.8 Å². The molecule has 1 saturated heterocycles. The number of carbonyl (C=O) groups is 2. The number of nitrogens with zero attached hydrogens (tertiary/aromatic N) is 3. The smallest absolute Gasteiger partial charge is 0.325 e. The molecule has 0 spiro atoms. The van der Waals surface area contributed by atoms with Gasteiger partial charge in [0, 0.05) is 66.4 Å². The van der Waals surface area contributed by atoms with Crippen LogP contribution in [0.4, 0.5) is 0 Å². The van der Waals surface area contributed by atoms with Crippen LogP contribution in [-0.2, 0) is 16.1 Å². The lowest BCUT2D eigenvalue weighted by molar-refractivity contribution is -0.144. The van der Waals surface area contributed by atoms with Crippen LogP contribution in [0.25, 0.3) is 10.9 Å². The van der Waals surface area contributed by atoms with Crippen LogP contribution in [0.2, 0.25) is 0 Å². The Morgan fingerprint density at radius 2 is 1.90 bits per heavy atom. The lowest BCUT2D eigenvalue weighted by Crippen LogP contribution is -2.49. The van der Waals surface area contributed by atoms with Crippen LogP contribution in [-0.4, -0.2) is 69.2 Å². The van der Waals surface area contributed by atoms with Crippen molar-refractivity contribution in [2.45, 2.75) is 25.9 Å². The van der Waals surface area contributed by atoms with Crippen molar-refractivity contribution in [1.29, 1.82) is 0 Å². The molecule has 0 bridgehead atoms. The van der Waals surface area contributed by atoms with Crippen LogP contribution >= 0.6 is 15.9 Å². The van der Waals surface area contributed by atoms with E-state index in [9.17, 15) is 14.7 Å². The number of hydrogen-bond donors (Lipinski definition) is 2. The highest BCUT2D eigenvalue weighted by Gasteiger charge is 2.32. The van der Waals surface area contributed by atoms with E-state index in [0.717, 1.165) is 40.6 Å². The van der Waals surface area contributed by atoms with Crippen molar-refractivity contribution in [3.05, 3.63) is 46.6 Å². The molecule has 8 heteroatoms. The molecule has 3 rings (SSSR count). The van der Waals surface area contributed by atoms with Crippen LogP contribution in [0, 0.1) is 0 Å². The highest BCUT2D eigenvalue weighted by molar-refractivity contribution is 9.10. The number of benzene rings is 1. The molecular weight excluding hydrogens is 438 g/mol. The van der Waals surface area contributed by atoms with Gasteiger partial charge in [0.05, 0.1) is 6.42 Å². The normalized spacial score (nSPS) is 16.8. The summed E-state index contributed by atoms with van der Waals surface area (Å²) in [5.41, 5.74) is 2.64. The summed E-state index contributed by atoms with van der Waals surface area (Å²) in [7, 11) is 0. The van der Waals surface area contributed by atoms with E-state index < -0.39 is 18.0 Å². The molecule has 1 aliphatic rings. The van der Waals surface area contributed by atoms with Crippen LogP contribution in [0.15, 0.2) is 41.0 Å². The van der Waals surface area contributed by atoms with Gasteiger partial charge in [-0.15, -0.1) is 0 Å². The molecule has 156 valence electrons. The topological polar surface area (TPSA) is 86.0 Å². The first kappa shape index (κ1) is 21.5. The van der Waals surface area contributed by atoms with E-state index in [4.69, 9.17) is 5.11 Å². The number of aromatic nitrogens is 1. The van der Waals surface area contributed by atoms with Crippen molar-refractivity contribution in [3.63, 3.8) is 0 Å². The maximum absolute atomic E-state index is 12.3. The predicted molar refractivity (Wildman–Crippen MR) is 115 cm³/mol. The van der Waals surface area contributed by atoms with Crippen LogP contribution < -0.4 is 0 Å². The average molecular weight is 464 g/mol. The summed E-state index contributed by atoms with van der Waals surface area (Å²) in [5, 5.41) is 20.0. The summed E-state index contributed by atoms with van der Waals surface area (Å²) < 4.78 is 2.71. The van der Waals surface area contributed by atoms with Gasteiger partial charge in [-0.25, -0.2) is 0 Å². The molecule has 1 aromatic heterocycles. The van der Waals surface area contributed by atoms with Gasteiger partial charge in [-0.3, -0.25) is 19.4 Å². The number of carboxylic acids is 2. The lowest BCUT2D eigenvalue weighted by Gasteiger charge is -2.37. The Morgan fingerprint density at radius 3 is 2.48 bits per heavy atom. The Labute approximate surface area is 178 Å². The fourth-order valence-corrected chi connectivity index (χ4v) is 4.31. The van der Waals surface area contributed by atoms with Gasteiger partial charge in [-0.1, -0.05) is 34.1 Å². The summed E-state index contributed by atoms with van der Waals surface area (Å²) in [4.78, 5) is 27.6. The number of fused-ring (bicyclic) bond motifs is 1. The molecule has 0 amide bonds. The fraction of sp³-hybridized carbons (Fsp3) is 0.429. The molecular formula is C21H26BrN3O4. The lowest BCUT2D eigenvalue weighted by atomic mass is 10.0. The number of rotatable bonds is 8. The Balaban J connectivity index is 1.92. The standard InChI is InChI=1S/C21H26BrN3O4/c1-14(2)12-23-7-9-24(10-8-23)20(21(28)29)17-13-25(6-5-19(26)27)18-11-15(22)3-4-16(17)18/h3-4,11,13,20H,1,5-10,12H2,2H3,(H,26,27)(H,28,29)/t20-/m1/s1. The van der Waals surface area contributed by atoms with Crippen molar-refractivity contribution < 1.29 is 19.8 Å². The Bertz CT molecular complexity index is 931. The van der Waals surface area contributed by atoms with Gasteiger partial charge >= 0.3 is 11.9 Å². The maximum atomic E-state index is 12.3. The van der Waals surface area contributed by atoms with Gasteiger partial charge in [0.1, 0.15) is 6.04 Å². The Morgan fingerprint density at radius 1 is 1.21 bits per heavy atom. The third kappa shape index (κ3) is 5.07. The second-order valence-corrected chi connectivity index (χ2v) is 8.51. The zero-order valence-electron chi connectivity index (χ0n) is 16.5. The van der Waals surface area contributed by atoms with Crippen molar-refractivity contribution in [3.8, 4) is 0 Å². The third-order valence-electron chi connectivity index (χ3n) is 5.24. The summed E-state index contributed by atoms with van der Waals surface area (Å²) in [5.74, 6) is -1.77. The van der Waals surface area contributed by atoms with E-state index in [1.807, 2.05) is 34.6 Å². The zero-order chi connectivity index (χ0) is 21.1. The monoisotopic (exact) mass is 463 g/mol. The number of aryl methyl sites for hydroxylation is 1. The predicted octanol–water partition coefficient (Wildman–Crippen LogP) is 3.20. The molecule has 2 heterocycles. The van der Waals surface area contributed by atoms with E-state index in [1.165, 1.54) is 0 Å². The van der Waals surface area contributed by atoms with Crippen molar-refractivity contribution in [1.82, 2.24) is 14.4 Å². The van der Waals surface area contributed by atoms with Crippen LogP contribution in [0.3, 0.4) is 0 Å². The van der Waals surface area contributed by atoms with Gasteiger partial charge in [0.2, 0.25) is 0 Å². The maximum Gasteiger partial charge on any atom is 0.325 e. The van der Waals surface area contributed by atoms with Crippen LogP contribution in [0.5, 0.6) is 0 Å². The van der Waals surface area contributed by atoms with Gasteiger partial charge in [-0.05, 0) is 19.1 Å². The fourth-order valence-electron chi connectivity index (χ4n) is 3.96. The first-order chi connectivity index (χ1) is 13.8. The Kier molecular flexibility index (Phi) is 6.77. The zero-order valence-corrected chi connectivity index (χ0v) is 18.1. The molecule has 2 N–H and O–H groups in total. The number of carboxylic acid groups (broad SMARTS) is 2. The Hall–Kier alpha value is -2.16. The van der Waals surface area contributed by atoms with Crippen molar-refractivity contribution >= 4 is 38.8 Å². The van der Waals surface area contributed by atoms with Crippen molar-refractivity contribution in [2.75, 3.05) is 32.7 Å². The summed E-state index contributed by atoms with van der Waals surface area (Å²) in [6, 6.07) is 4.93.